The predicted molar refractivity (Wildman–Crippen MR) is 117 cm³/mol. The van der Waals surface area contributed by atoms with E-state index in [1.807, 2.05) is 6.42 Å². The molecule has 1 fully saturated rings. The SMILES string of the molecule is [CH2+][CH-]CCCC1CCC(OCCCOc2ccc(CCCCOC)cc2)CC1. The maximum absolute atomic E-state index is 6.07. The number of ether oxygens (including phenoxy) is 3. The van der Waals surface area contributed by atoms with Gasteiger partial charge in [-0.15, -0.1) is 12.8 Å². The third-order valence-electron chi connectivity index (χ3n) is 5.71. The molecular weight excluding hydrogens is 348 g/mol. The number of hydrogen-bond acceptors (Lipinski definition) is 3. The Balaban J connectivity index is 1.48. The number of benzene rings is 1. The average Bonchev–Trinajstić information content (AvgIpc) is 2.73. The summed E-state index contributed by atoms with van der Waals surface area (Å²) in [7, 11) is 1.76. The highest BCUT2D eigenvalue weighted by molar-refractivity contribution is 5.27. The zero-order valence-electron chi connectivity index (χ0n) is 17.9. The summed E-state index contributed by atoms with van der Waals surface area (Å²) in [6.07, 6.45) is 15.8. The number of methoxy groups -OCH3 is 1. The summed E-state index contributed by atoms with van der Waals surface area (Å²) in [6.45, 7) is 6.19. The van der Waals surface area contributed by atoms with Gasteiger partial charge in [0.05, 0.1) is 19.3 Å². The molecule has 0 unspecified atom stereocenters. The second-order valence-corrected chi connectivity index (χ2v) is 8.03. The van der Waals surface area contributed by atoms with Crippen LogP contribution in [0, 0.1) is 19.3 Å². The molecule has 1 saturated carbocycles. The van der Waals surface area contributed by atoms with Crippen LogP contribution in [-0.2, 0) is 15.9 Å². The van der Waals surface area contributed by atoms with E-state index >= 15 is 0 Å². The Morgan fingerprint density at radius 2 is 1.71 bits per heavy atom. The van der Waals surface area contributed by atoms with E-state index in [-0.39, 0.29) is 0 Å². The van der Waals surface area contributed by atoms with Gasteiger partial charge in [-0.3, -0.25) is 0 Å². The van der Waals surface area contributed by atoms with Gasteiger partial charge in [-0.05, 0) is 68.6 Å². The lowest BCUT2D eigenvalue weighted by atomic mass is 9.84. The van der Waals surface area contributed by atoms with E-state index < -0.39 is 0 Å². The van der Waals surface area contributed by atoms with Crippen LogP contribution >= 0.6 is 0 Å². The fourth-order valence-electron chi connectivity index (χ4n) is 3.96. The smallest absolute Gasteiger partial charge is 0.119 e. The van der Waals surface area contributed by atoms with Gasteiger partial charge in [-0.1, -0.05) is 31.9 Å². The van der Waals surface area contributed by atoms with Gasteiger partial charge in [0.15, 0.2) is 0 Å². The van der Waals surface area contributed by atoms with Crippen molar-refractivity contribution in [3.05, 3.63) is 43.2 Å². The molecule has 1 aromatic carbocycles. The summed E-state index contributed by atoms with van der Waals surface area (Å²) in [4.78, 5) is 0. The Bertz CT molecular complexity index is 477. The summed E-state index contributed by atoms with van der Waals surface area (Å²) in [5.41, 5.74) is 1.37. The minimum Gasteiger partial charge on any atom is -0.494 e. The molecule has 0 spiro atoms. The van der Waals surface area contributed by atoms with Crippen LogP contribution in [0.4, 0.5) is 0 Å². The third-order valence-corrected chi connectivity index (χ3v) is 5.71. The quantitative estimate of drug-likeness (QED) is 0.264. The van der Waals surface area contributed by atoms with E-state index in [1.165, 1.54) is 50.5 Å². The monoisotopic (exact) mass is 388 g/mol. The molecule has 0 aromatic heterocycles. The molecule has 1 aromatic rings. The molecule has 0 heterocycles. The standard InChI is InChI=1S/C25H40O3/c1-3-4-5-9-22-11-15-24(16-12-22)27-20-8-21-28-25-17-13-23(14-18-25)10-6-7-19-26-2/h3,13-14,17-18,22,24H,1,4-12,15-16,19-21H2,2H3. The van der Waals surface area contributed by atoms with Crippen molar-refractivity contribution in [2.75, 3.05) is 26.9 Å². The Kier molecular flexibility index (Phi) is 12.2. The normalized spacial score (nSPS) is 19.6. The van der Waals surface area contributed by atoms with Gasteiger partial charge in [0.25, 0.3) is 0 Å². The van der Waals surface area contributed by atoms with E-state index in [4.69, 9.17) is 14.2 Å². The largest absolute Gasteiger partial charge is 0.494 e. The van der Waals surface area contributed by atoms with Crippen molar-refractivity contribution in [3.63, 3.8) is 0 Å². The van der Waals surface area contributed by atoms with Crippen molar-refractivity contribution in [1.29, 1.82) is 0 Å². The molecule has 0 N–H and O–H groups in total. The first-order valence-corrected chi connectivity index (χ1v) is 11.2. The fraction of sp³-hybridized carbons (Fsp3) is 0.680. The maximum Gasteiger partial charge on any atom is 0.119 e. The third kappa shape index (κ3) is 9.84. The highest BCUT2D eigenvalue weighted by atomic mass is 16.5. The minimum atomic E-state index is 0.466. The van der Waals surface area contributed by atoms with E-state index in [0.717, 1.165) is 57.2 Å². The van der Waals surface area contributed by atoms with Gasteiger partial charge in [0, 0.05) is 20.1 Å². The van der Waals surface area contributed by atoms with Crippen LogP contribution in [0.5, 0.6) is 5.75 Å². The number of hydrogen-bond donors (Lipinski definition) is 0. The minimum absolute atomic E-state index is 0.466. The van der Waals surface area contributed by atoms with Crippen molar-refractivity contribution < 1.29 is 14.2 Å². The molecular formula is C25H40O3. The molecule has 0 radical (unpaired) electrons. The Labute approximate surface area is 173 Å². The van der Waals surface area contributed by atoms with Gasteiger partial charge in [-0.25, -0.2) is 0 Å². The summed E-state index contributed by atoms with van der Waals surface area (Å²) < 4.78 is 17.0. The maximum atomic E-state index is 6.07. The van der Waals surface area contributed by atoms with Crippen LogP contribution in [0.1, 0.15) is 69.8 Å². The van der Waals surface area contributed by atoms with E-state index in [0.29, 0.717) is 6.10 Å². The van der Waals surface area contributed by atoms with E-state index in [9.17, 15) is 0 Å². The number of unbranched alkanes of at least 4 members (excludes halogenated alkanes) is 3. The summed E-state index contributed by atoms with van der Waals surface area (Å²) in [6, 6.07) is 8.51. The van der Waals surface area contributed by atoms with Crippen LogP contribution < -0.4 is 4.74 Å². The molecule has 0 atom stereocenters. The second-order valence-electron chi connectivity index (χ2n) is 8.03. The first-order chi connectivity index (χ1) is 13.8. The average molecular weight is 389 g/mol. The molecule has 1 aliphatic rings. The van der Waals surface area contributed by atoms with Crippen molar-refractivity contribution in [3.8, 4) is 5.75 Å². The van der Waals surface area contributed by atoms with Crippen molar-refractivity contribution >= 4 is 0 Å². The summed E-state index contributed by atoms with van der Waals surface area (Å²) in [5.74, 6) is 1.87. The molecule has 3 nitrogen and oxygen atoms in total. The fourth-order valence-corrected chi connectivity index (χ4v) is 3.96. The van der Waals surface area contributed by atoms with Crippen LogP contribution in [-0.4, -0.2) is 33.0 Å². The van der Waals surface area contributed by atoms with Crippen molar-refractivity contribution in [1.82, 2.24) is 0 Å². The van der Waals surface area contributed by atoms with Gasteiger partial charge < -0.3 is 14.2 Å². The molecule has 0 aliphatic heterocycles. The molecule has 28 heavy (non-hydrogen) atoms. The molecule has 0 bridgehead atoms. The molecule has 3 heteroatoms. The molecule has 2 rings (SSSR count). The van der Waals surface area contributed by atoms with Crippen molar-refractivity contribution in [2.45, 2.75) is 76.7 Å². The Morgan fingerprint density at radius 3 is 2.43 bits per heavy atom. The first kappa shape index (κ1) is 23.1. The van der Waals surface area contributed by atoms with Crippen molar-refractivity contribution in [2.24, 2.45) is 5.92 Å². The van der Waals surface area contributed by atoms with Gasteiger partial charge in [-0.2, -0.15) is 0 Å². The van der Waals surface area contributed by atoms with Gasteiger partial charge in [0.2, 0.25) is 0 Å². The molecule has 1 aliphatic carbocycles. The lowest BCUT2D eigenvalue weighted by molar-refractivity contribution is 0.0120. The van der Waals surface area contributed by atoms with E-state index in [1.54, 1.807) is 7.11 Å². The highest BCUT2D eigenvalue weighted by Crippen LogP contribution is 2.30. The van der Waals surface area contributed by atoms with Crippen LogP contribution in [0.3, 0.4) is 0 Å². The Morgan fingerprint density at radius 1 is 0.929 bits per heavy atom. The lowest BCUT2D eigenvalue weighted by Gasteiger charge is -2.28. The lowest BCUT2D eigenvalue weighted by Crippen LogP contribution is -2.22. The number of aryl methyl sites for hydroxylation is 1. The molecule has 158 valence electrons. The van der Waals surface area contributed by atoms with Crippen LogP contribution in [0.25, 0.3) is 0 Å². The predicted octanol–water partition coefficient (Wildman–Crippen LogP) is 6.21. The zero-order chi connectivity index (χ0) is 19.9. The second kappa shape index (κ2) is 14.8. The summed E-state index contributed by atoms with van der Waals surface area (Å²) >= 11 is 0. The van der Waals surface area contributed by atoms with E-state index in [2.05, 4.69) is 31.2 Å². The Hall–Kier alpha value is -1.19. The van der Waals surface area contributed by atoms with Crippen LogP contribution in [0.15, 0.2) is 24.3 Å². The zero-order valence-corrected chi connectivity index (χ0v) is 17.9. The van der Waals surface area contributed by atoms with Crippen LogP contribution in [0.2, 0.25) is 0 Å². The topological polar surface area (TPSA) is 27.7 Å². The first-order valence-electron chi connectivity index (χ1n) is 11.2. The van der Waals surface area contributed by atoms with Gasteiger partial charge in [0.1, 0.15) is 5.75 Å². The highest BCUT2D eigenvalue weighted by Gasteiger charge is 2.20. The molecule has 0 saturated heterocycles. The van der Waals surface area contributed by atoms with Gasteiger partial charge >= 0.3 is 0 Å². The molecule has 0 amide bonds. The number of rotatable bonds is 15. The summed E-state index contributed by atoms with van der Waals surface area (Å²) in [5, 5.41) is 0.